The fourth-order valence-corrected chi connectivity index (χ4v) is 4.46. The Balaban J connectivity index is 1.36. The lowest BCUT2D eigenvalue weighted by Gasteiger charge is -2.15. The van der Waals surface area contributed by atoms with Gasteiger partial charge in [-0.25, -0.2) is 0 Å². The van der Waals surface area contributed by atoms with Crippen molar-refractivity contribution >= 4 is 40.4 Å². The fourth-order valence-electron chi connectivity index (χ4n) is 3.74. The van der Waals surface area contributed by atoms with Gasteiger partial charge in [-0.1, -0.05) is 36.4 Å². The number of nitrogens with two attached hydrogens (primary N) is 1. The van der Waals surface area contributed by atoms with Crippen LogP contribution < -0.4 is 30.6 Å². The van der Waals surface area contributed by atoms with E-state index < -0.39 is 0 Å². The molecule has 0 saturated heterocycles. The van der Waals surface area contributed by atoms with Crippen molar-refractivity contribution in [3.05, 3.63) is 89.3 Å². The third kappa shape index (κ3) is 6.42. The van der Waals surface area contributed by atoms with E-state index in [0.29, 0.717) is 35.2 Å². The van der Waals surface area contributed by atoms with Crippen molar-refractivity contribution in [1.82, 2.24) is 0 Å². The van der Waals surface area contributed by atoms with E-state index in [9.17, 15) is 4.79 Å². The standard InChI is InChI=1S/C29H29N3O4S/c1-34-25-16-22(17-26(35-2)29(25)36-3)31-18-20-8-6-19(7-9-20)10-13-28(33)32-24-15-21(11-12-23(24)30)27-5-4-14-37-27/h4-17,31H,18,30H2,1-3H3,(H,32,33). The molecular formula is C29H29N3O4S. The van der Waals surface area contributed by atoms with Crippen LogP contribution in [-0.4, -0.2) is 27.2 Å². The van der Waals surface area contributed by atoms with Crippen LogP contribution in [0.4, 0.5) is 17.1 Å². The summed E-state index contributed by atoms with van der Waals surface area (Å²) in [6.45, 7) is 0.600. The third-order valence-corrected chi connectivity index (χ3v) is 6.60. The summed E-state index contributed by atoms with van der Waals surface area (Å²) in [6, 6.07) is 21.3. The second-order valence-corrected chi connectivity index (χ2v) is 9.06. The molecule has 4 aromatic rings. The van der Waals surface area contributed by atoms with Gasteiger partial charge in [0, 0.05) is 35.3 Å². The minimum Gasteiger partial charge on any atom is -0.493 e. The van der Waals surface area contributed by atoms with Crippen molar-refractivity contribution in [2.75, 3.05) is 37.7 Å². The highest BCUT2D eigenvalue weighted by Gasteiger charge is 2.13. The molecule has 0 unspecified atom stereocenters. The molecule has 7 nitrogen and oxygen atoms in total. The molecule has 1 heterocycles. The van der Waals surface area contributed by atoms with Crippen LogP contribution in [0.3, 0.4) is 0 Å². The van der Waals surface area contributed by atoms with Crippen LogP contribution in [0, 0.1) is 0 Å². The molecule has 8 heteroatoms. The van der Waals surface area contributed by atoms with Gasteiger partial charge in [-0.15, -0.1) is 11.3 Å². The molecule has 0 fully saturated rings. The highest BCUT2D eigenvalue weighted by Crippen LogP contribution is 2.40. The molecule has 0 radical (unpaired) electrons. The maximum atomic E-state index is 12.5. The Kier molecular flexibility index (Phi) is 8.33. The van der Waals surface area contributed by atoms with Crippen LogP contribution in [0.1, 0.15) is 11.1 Å². The van der Waals surface area contributed by atoms with E-state index in [2.05, 4.69) is 10.6 Å². The number of amides is 1. The van der Waals surface area contributed by atoms with Gasteiger partial charge in [0.2, 0.25) is 11.7 Å². The zero-order valence-electron chi connectivity index (χ0n) is 20.9. The first-order chi connectivity index (χ1) is 18.0. The molecule has 37 heavy (non-hydrogen) atoms. The second kappa shape index (κ2) is 12.0. The minimum absolute atomic E-state index is 0.247. The number of benzene rings is 3. The van der Waals surface area contributed by atoms with Crippen molar-refractivity contribution < 1.29 is 19.0 Å². The van der Waals surface area contributed by atoms with Crippen molar-refractivity contribution in [3.63, 3.8) is 0 Å². The molecule has 0 atom stereocenters. The highest BCUT2D eigenvalue weighted by atomic mass is 32.1. The van der Waals surface area contributed by atoms with Crippen LogP contribution in [0.15, 0.2) is 78.2 Å². The Hall–Kier alpha value is -4.43. The zero-order chi connectivity index (χ0) is 26.2. The molecule has 0 aliphatic heterocycles. The molecule has 0 aliphatic rings. The molecule has 4 rings (SSSR count). The predicted molar refractivity (Wildman–Crippen MR) is 152 cm³/mol. The van der Waals surface area contributed by atoms with Crippen LogP contribution in [-0.2, 0) is 11.3 Å². The molecule has 0 aliphatic carbocycles. The van der Waals surface area contributed by atoms with Crippen molar-refractivity contribution in [2.24, 2.45) is 0 Å². The van der Waals surface area contributed by atoms with E-state index in [0.717, 1.165) is 27.3 Å². The number of hydrogen-bond acceptors (Lipinski definition) is 7. The molecule has 0 bridgehead atoms. The summed E-state index contributed by atoms with van der Waals surface area (Å²) in [6.07, 6.45) is 3.27. The maximum Gasteiger partial charge on any atom is 0.248 e. The Bertz CT molecular complexity index is 1360. The van der Waals surface area contributed by atoms with Crippen LogP contribution in [0.5, 0.6) is 17.2 Å². The Morgan fingerprint density at radius 3 is 2.30 bits per heavy atom. The molecule has 0 saturated carbocycles. The number of anilines is 3. The summed E-state index contributed by atoms with van der Waals surface area (Å²) >= 11 is 1.64. The van der Waals surface area contributed by atoms with Gasteiger partial charge in [-0.2, -0.15) is 0 Å². The summed E-state index contributed by atoms with van der Waals surface area (Å²) < 4.78 is 16.2. The van der Waals surface area contributed by atoms with Gasteiger partial charge in [0.05, 0.1) is 32.7 Å². The average molecular weight is 516 g/mol. The normalized spacial score (nSPS) is 10.8. The first-order valence-corrected chi connectivity index (χ1v) is 12.4. The molecule has 1 amide bonds. The van der Waals surface area contributed by atoms with Crippen molar-refractivity contribution in [2.45, 2.75) is 6.54 Å². The monoisotopic (exact) mass is 515 g/mol. The Morgan fingerprint density at radius 2 is 1.68 bits per heavy atom. The number of rotatable bonds is 10. The topological polar surface area (TPSA) is 94.8 Å². The highest BCUT2D eigenvalue weighted by molar-refractivity contribution is 7.13. The first-order valence-electron chi connectivity index (χ1n) is 11.6. The molecule has 1 aromatic heterocycles. The lowest BCUT2D eigenvalue weighted by molar-refractivity contribution is -0.111. The Morgan fingerprint density at radius 1 is 0.946 bits per heavy atom. The second-order valence-electron chi connectivity index (χ2n) is 8.11. The van der Waals surface area contributed by atoms with E-state index >= 15 is 0 Å². The lowest BCUT2D eigenvalue weighted by atomic mass is 10.1. The van der Waals surface area contributed by atoms with E-state index in [-0.39, 0.29) is 5.91 Å². The molecule has 4 N–H and O–H groups in total. The number of hydrogen-bond donors (Lipinski definition) is 3. The SMILES string of the molecule is COc1cc(NCc2ccc(C=CC(=O)Nc3cc(-c4cccs4)ccc3N)cc2)cc(OC)c1OC. The number of nitrogen functional groups attached to an aromatic ring is 1. The van der Waals surface area contributed by atoms with Gasteiger partial charge in [-0.05, 0) is 46.3 Å². The number of ether oxygens (including phenoxy) is 3. The maximum absolute atomic E-state index is 12.5. The van der Waals surface area contributed by atoms with Gasteiger partial charge in [-0.3, -0.25) is 4.79 Å². The summed E-state index contributed by atoms with van der Waals surface area (Å²) in [7, 11) is 4.75. The number of nitrogens with one attached hydrogen (secondary N) is 2. The Labute approximate surface area is 220 Å². The van der Waals surface area contributed by atoms with Crippen LogP contribution >= 0.6 is 11.3 Å². The largest absolute Gasteiger partial charge is 0.493 e. The number of carbonyl (C=O) groups is 1. The summed E-state index contributed by atoms with van der Waals surface area (Å²) in [5.41, 5.74) is 11.0. The van der Waals surface area contributed by atoms with E-state index in [1.807, 2.05) is 66.0 Å². The fraction of sp³-hybridized carbons (Fsp3) is 0.138. The lowest BCUT2D eigenvalue weighted by Crippen LogP contribution is -2.09. The van der Waals surface area contributed by atoms with Crippen LogP contribution in [0.25, 0.3) is 16.5 Å². The van der Waals surface area contributed by atoms with Gasteiger partial charge >= 0.3 is 0 Å². The van der Waals surface area contributed by atoms with Gasteiger partial charge in [0.1, 0.15) is 0 Å². The summed E-state index contributed by atoms with van der Waals surface area (Å²) in [5, 5.41) is 8.26. The van der Waals surface area contributed by atoms with E-state index in [4.69, 9.17) is 19.9 Å². The predicted octanol–water partition coefficient (Wildman–Crippen LogP) is 6.29. The van der Waals surface area contributed by atoms with E-state index in [1.54, 1.807) is 44.8 Å². The zero-order valence-corrected chi connectivity index (χ0v) is 21.7. The summed E-state index contributed by atoms with van der Waals surface area (Å²) in [4.78, 5) is 13.6. The molecule has 190 valence electrons. The number of methoxy groups -OCH3 is 3. The van der Waals surface area contributed by atoms with Crippen LogP contribution in [0.2, 0.25) is 0 Å². The molecular weight excluding hydrogens is 486 g/mol. The van der Waals surface area contributed by atoms with E-state index in [1.165, 1.54) is 6.08 Å². The van der Waals surface area contributed by atoms with Gasteiger partial charge in [0.15, 0.2) is 11.5 Å². The minimum atomic E-state index is -0.247. The smallest absolute Gasteiger partial charge is 0.248 e. The van der Waals surface area contributed by atoms with Crippen molar-refractivity contribution in [3.8, 4) is 27.7 Å². The number of thiophene rings is 1. The number of carbonyl (C=O) groups excluding carboxylic acids is 1. The quantitative estimate of drug-likeness (QED) is 0.170. The third-order valence-electron chi connectivity index (χ3n) is 5.69. The summed E-state index contributed by atoms with van der Waals surface area (Å²) in [5.74, 6) is 1.48. The van der Waals surface area contributed by atoms with Gasteiger partial charge < -0.3 is 30.6 Å². The first kappa shape index (κ1) is 25.7. The molecule has 3 aromatic carbocycles. The van der Waals surface area contributed by atoms with Crippen molar-refractivity contribution in [1.29, 1.82) is 0 Å². The molecule has 0 spiro atoms. The average Bonchev–Trinajstić information content (AvgIpc) is 3.47. The van der Waals surface area contributed by atoms with Gasteiger partial charge in [0.25, 0.3) is 0 Å².